The van der Waals surface area contributed by atoms with Crippen LogP contribution in [0.5, 0.6) is 0 Å². The van der Waals surface area contributed by atoms with Gasteiger partial charge in [-0.15, -0.1) is 0 Å². The Hall–Kier alpha value is -17.1. The summed E-state index contributed by atoms with van der Waals surface area (Å²) < 4.78 is 0. The predicted octanol–water partition coefficient (Wildman–Crippen LogP) is 40.2. The fourth-order valence-corrected chi connectivity index (χ4v) is 23.1. The van der Waals surface area contributed by atoms with E-state index in [4.69, 9.17) is 0 Å². The third-order valence-corrected chi connectivity index (χ3v) is 31.4. The summed E-state index contributed by atoms with van der Waals surface area (Å²) in [5, 5.41) is 10.4. The van der Waals surface area contributed by atoms with E-state index in [-0.39, 0.29) is 16.2 Å². The van der Waals surface area contributed by atoms with Crippen LogP contribution in [0.25, 0.3) is 76.5 Å². The van der Waals surface area contributed by atoms with E-state index in [1.165, 1.54) is 199 Å². The van der Waals surface area contributed by atoms with E-state index in [9.17, 15) is 0 Å². The van der Waals surface area contributed by atoms with Crippen molar-refractivity contribution < 1.29 is 0 Å². The first-order valence-corrected chi connectivity index (χ1v) is 52.1. The highest BCUT2D eigenvalue weighted by atomic mass is 15.2. The minimum atomic E-state index is -0.232. The lowest BCUT2D eigenvalue weighted by molar-refractivity contribution is 0.660. The SMILES string of the molecule is Cc1ccc(N(c2ccc(C)cc2)c2ccc3c(c2)C(C)(C)c2cc(N(c4ccc(C)cc4)c4ccc(C)cc4)ccc2-3)cc1.Cc1ccc(N(c2ccc(C)cc2)c2ccc3c(c2)C(C)(C)c2cc(N(c4ccc(C)cc4)c4ccc(C)cc4)ccc2-3)cc1.Cc1ccc(N(c2ccc(C)cc2)c2ccc3c(c2)C(C)(C)c2cc(N(c4ccc(C)cc4)c4ccc5c6cccc7cccc(c8cccc4c85)c76)ccc2-3)cc1. The molecule has 0 atom stereocenters. The van der Waals surface area contributed by atoms with Gasteiger partial charge in [0.15, 0.2) is 0 Å². The first kappa shape index (κ1) is 94.5. The summed E-state index contributed by atoms with van der Waals surface area (Å²) >= 11 is 0. The number of fused-ring (bicyclic) bond motifs is 11. The van der Waals surface area contributed by atoms with Gasteiger partial charge in [-0.2, -0.15) is 0 Å². The quantitative estimate of drug-likeness (QED) is 0.0625. The van der Waals surface area contributed by atoms with Gasteiger partial charge in [0.1, 0.15) is 0 Å². The van der Waals surface area contributed by atoms with Gasteiger partial charge in [0.05, 0.1) is 5.69 Å². The molecule has 0 radical (unpaired) electrons. The zero-order chi connectivity index (χ0) is 102. The van der Waals surface area contributed by atoms with Gasteiger partial charge in [-0.25, -0.2) is 0 Å². The van der Waals surface area contributed by atoms with E-state index in [0.717, 1.165) is 73.9 Å². The Morgan fingerprint density at radius 3 is 0.493 bits per heavy atom. The summed E-state index contributed by atoms with van der Waals surface area (Å²) in [5.41, 5.74) is 50.1. The molecular weight excluding hydrogens is 1790 g/mol. The van der Waals surface area contributed by atoms with Crippen LogP contribution in [0, 0.1) is 76.2 Å². The summed E-state index contributed by atoms with van der Waals surface area (Å²) in [6.07, 6.45) is 0. The molecule has 0 fully saturated rings. The predicted molar refractivity (Wildman–Crippen MR) is 633 cm³/mol. The maximum absolute atomic E-state index is 2.48. The van der Waals surface area contributed by atoms with Crippen molar-refractivity contribution in [2.45, 2.75) is 134 Å². The molecule has 0 unspecified atom stereocenters. The van der Waals surface area contributed by atoms with Gasteiger partial charge in [0.2, 0.25) is 0 Å². The molecule has 0 spiro atoms. The van der Waals surface area contributed by atoms with Gasteiger partial charge in [0, 0.05) is 118 Å². The maximum atomic E-state index is 2.48. The Bertz CT molecular complexity index is 7910. The molecule has 0 saturated carbocycles. The van der Waals surface area contributed by atoms with E-state index in [2.05, 4.69) is 590 Å². The third-order valence-electron chi connectivity index (χ3n) is 31.4. The lowest BCUT2D eigenvalue weighted by Gasteiger charge is -2.30. The molecule has 0 aliphatic heterocycles. The van der Waals surface area contributed by atoms with Crippen molar-refractivity contribution in [2.75, 3.05) is 29.4 Å². The first-order chi connectivity index (χ1) is 71.6. The standard InChI is InChI=1S/C56H44N2.2C43H40N2/c1-35-15-21-39(22-16-35)57(40-23-17-36(2)18-24-40)42-27-29-44-45-30-28-43(34-52(45)56(4,5)51(44)33-42)58(41-25-19-37(3)20-26-41)53-32-31-49-47-12-7-10-38-9-6-11-46(54(38)47)48-13-8-14-50(53)55(48)49;2*1-29-7-15-33(16-8-29)44(34-17-9-30(2)10-18-34)37-23-25-39-40-26-24-38(28-42(40)43(5,6)41(39)27-37)45(35-19-11-31(3)12-20-35)36-21-13-32(4)14-22-36/h6-34H,1-5H3;2*7-28H,1-6H3. The third kappa shape index (κ3) is 17.2. The minimum Gasteiger partial charge on any atom is -0.310 e. The molecule has 22 aromatic carbocycles. The Morgan fingerprint density at radius 1 is 0.135 bits per heavy atom. The number of hydrogen-bond acceptors (Lipinski definition) is 6. The van der Waals surface area contributed by atoms with Gasteiger partial charge in [-0.05, 0) is 393 Å². The number of benzene rings is 22. The van der Waals surface area contributed by atoms with Crippen LogP contribution in [0.15, 0.2) is 443 Å². The van der Waals surface area contributed by atoms with Crippen LogP contribution in [0.4, 0.5) is 102 Å². The average Bonchev–Trinajstić information content (AvgIpc) is 1.19. The molecule has 22 aromatic rings. The summed E-state index contributed by atoms with van der Waals surface area (Å²) in [4.78, 5) is 14.4. The second-order valence-corrected chi connectivity index (χ2v) is 43.0. The molecule has 3 aliphatic carbocycles. The van der Waals surface area contributed by atoms with Crippen LogP contribution in [-0.2, 0) is 16.2 Å². The molecule has 6 heteroatoms. The van der Waals surface area contributed by atoms with E-state index < -0.39 is 0 Å². The Morgan fingerprint density at radius 2 is 0.291 bits per heavy atom. The molecule has 0 bridgehead atoms. The molecule has 6 nitrogen and oxygen atoms in total. The monoisotopic (exact) mass is 1910 g/mol. The minimum absolute atomic E-state index is 0.171. The van der Waals surface area contributed by atoms with Gasteiger partial charge < -0.3 is 29.4 Å². The normalized spacial score (nSPS) is 12.9. The largest absolute Gasteiger partial charge is 0.310 e. The summed E-state index contributed by atoms with van der Waals surface area (Å²) in [7, 11) is 0. The smallest absolute Gasteiger partial charge is 0.0540 e. The van der Waals surface area contributed by atoms with Crippen molar-refractivity contribution in [3.63, 3.8) is 0 Å². The molecule has 25 rings (SSSR count). The molecule has 0 amide bonds. The van der Waals surface area contributed by atoms with Gasteiger partial charge in [-0.1, -0.05) is 333 Å². The highest BCUT2D eigenvalue weighted by molar-refractivity contribution is 6.34. The number of hydrogen-bond donors (Lipinski definition) is 0. The van der Waals surface area contributed by atoms with Gasteiger partial charge >= 0.3 is 0 Å². The van der Waals surface area contributed by atoms with Crippen molar-refractivity contribution >= 4 is 145 Å². The zero-order valence-electron chi connectivity index (χ0n) is 87.8. The van der Waals surface area contributed by atoms with E-state index in [0.29, 0.717) is 0 Å². The lowest BCUT2D eigenvalue weighted by Crippen LogP contribution is -2.17. The maximum Gasteiger partial charge on any atom is 0.0540 e. The summed E-state index contributed by atoms with van der Waals surface area (Å²) in [6, 6.07) is 165. The van der Waals surface area contributed by atoms with Crippen LogP contribution < -0.4 is 29.4 Å². The molecule has 148 heavy (non-hydrogen) atoms. The first-order valence-electron chi connectivity index (χ1n) is 52.1. The van der Waals surface area contributed by atoms with Crippen molar-refractivity contribution in [2.24, 2.45) is 0 Å². The van der Waals surface area contributed by atoms with E-state index in [1.54, 1.807) is 0 Å². The Kier molecular flexibility index (Phi) is 24.2. The second kappa shape index (κ2) is 37.8. The number of nitrogens with zero attached hydrogens (tertiary/aromatic N) is 6. The van der Waals surface area contributed by atoms with E-state index in [1.807, 2.05) is 0 Å². The fourth-order valence-electron chi connectivity index (χ4n) is 23.1. The number of aryl methyl sites for hydroxylation is 11. The van der Waals surface area contributed by atoms with Crippen LogP contribution in [0.1, 0.15) is 136 Å². The van der Waals surface area contributed by atoms with Crippen molar-refractivity contribution in [3.8, 4) is 33.4 Å². The van der Waals surface area contributed by atoms with Crippen LogP contribution in [0.3, 0.4) is 0 Å². The molecule has 3 aliphatic rings. The molecule has 0 N–H and O–H groups in total. The van der Waals surface area contributed by atoms with Gasteiger partial charge in [0.25, 0.3) is 0 Å². The molecule has 0 heterocycles. The lowest BCUT2D eigenvalue weighted by atomic mass is 9.82. The number of rotatable bonds is 18. The number of anilines is 18. The van der Waals surface area contributed by atoms with E-state index >= 15 is 0 Å². The highest BCUT2D eigenvalue weighted by Gasteiger charge is 2.41. The zero-order valence-corrected chi connectivity index (χ0v) is 87.8. The average molecular weight is 1910 g/mol. The van der Waals surface area contributed by atoms with Crippen LogP contribution in [0.2, 0.25) is 0 Å². The van der Waals surface area contributed by atoms with Crippen molar-refractivity contribution in [3.05, 3.63) is 537 Å². The summed E-state index contributed by atoms with van der Waals surface area (Å²) in [5.74, 6) is 0. The fraction of sp³-hybridized carbons (Fsp3) is 0.141. The second-order valence-electron chi connectivity index (χ2n) is 43.0. The topological polar surface area (TPSA) is 19.4 Å². The van der Waals surface area contributed by atoms with Crippen molar-refractivity contribution in [1.29, 1.82) is 0 Å². The Labute approximate surface area is 873 Å². The van der Waals surface area contributed by atoms with Crippen LogP contribution >= 0.6 is 0 Å². The molecule has 0 saturated heterocycles. The molecule has 0 aromatic heterocycles. The molecule has 722 valence electrons. The Balaban J connectivity index is 0.000000124. The van der Waals surface area contributed by atoms with Gasteiger partial charge in [-0.3, -0.25) is 0 Å². The van der Waals surface area contributed by atoms with Crippen LogP contribution in [-0.4, -0.2) is 0 Å². The summed E-state index contributed by atoms with van der Waals surface area (Å²) in [6.45, 7) is 37.9. The highest BCUT2D eigenvalue weighted by Crippen LogP contribution is 2.59. The van der Waals surface area contributed by atoms with Crippen molar-refractivity contribution in [1.82, 2.24) is 0 Å². The molecular formula is C142H124N6.